The average Bonchev–Trinajstić information content (AvgIpc) is 3.52. The number of hydrogen-bond donors (Lipinski definition) is 2. The van der Waals surface area contributed by atoms with Crippen molar-refractivity contribution in [3.05, 3.63) is 106 Å². The normalized spacial score (nSPS) is 13.1. The van der Waals surface area contributed by atoms with Crippen LogP contribution in [-0.4, -0.2) is 41.4 Å². The van der Waals surface area contributed by atoms with Crippen molar-refractivity contribution in [1.29, 1.82) is 0 Å². The van der Waals surface area contributed by atoms with Gasteiger partial charge in [0.25, 0.3) is 0 Å². The van der Waals surface area contributed by atoms with Crippen molar-refractivity contribution in [2.75, 3.05) is 18.1 Å². The van der Waals surface area contributed by atoms with Crippen LogP contribution < -0.4 is 10.5 Å². The fourth-order valence-electron chi connectivity index (χ4n) is 5.08. The molecule has 0 fully saturated rings. The van der Waals surface area contributed by atoms with Gasteiger partial charge in [0, 0.05) is 29.6 Å². The topological polar surface area (TPSA) is 125 Å². The molecule has 1 aliphatic rings. The standard InChI is InChI=1S/C32H31F2N3O5S/c1-19-10-24(42-29-7-5-4-6-26(29)33)8-9-28(19)37-31(35)25(15-36-37)30(39)22-11-20-13-23(27(34)14-21(20)12-22)16-43(40,41)18-32(2,3)17-38/h4-10,12-15,38H,11,16-18,35H2,1-3H3. The first kappa shape index (κ1) is 30.1. The first-order valence-corrected chi connectivity index (χ1v) is 15.3. The van der Waals surface area contributed by atoms with Crippen LogP contribution in [-0.2, 0) is 22.0 Å². The summed E-state index contributed by atoms with van der Waals surface area (Å²) in [4.78, 5) is 13.5. The number of fused-ring (bicyclic) bond motifs is 1. The molecule has 0 saturated heterocycles. The molecule has 0 unspecified atom stereocenters. The van der Waals surface area contributed by atoms with Gasteiger partial charge in [-0.1, -0.05) is 32.0 Å². The molecule has 224 valence electrons. The van der Waals surface area contributed by atoms with E-state index in [2.05, 4.69) is 5.10 Å². The summed E-state index contributed by atoms with van der Waals surface area (Å²) in [5.74, 6) is -1.74. The van der Waals surface area contributed by atoms with Crippen molar-refractivity contribution >= 4 is 27.5 Å². The monoisotopic (exact) mass is 607 g/mol. The van der Waals surface area contributed by atoms with E-state index in [0.717, 1.165) is 5.56 Å². The lowest BCUT2D eigenvalue weighted by molar-refractivity contribution is 0.103. The maximum Gasteiger partial charge on any atom is 0.194 e. The van der Waals surface area contributed by atoms with E-state index in [9.17, 15) is 27.1 Å². The summed E-state index contributed by atoms with van der Waals surface area (Å²) in [6, 6.07) is 13.8. The molecule has 3 aromatic carbocycles. The minimum absolute atomic E-state index is 0.0137. The van der Waals surface area contributed by atoms with Gasteiger partial charge in [-0.15, -0.1) is 0 Å². The number of rotatable bonds is 10. The first-order valence-electron chi connectivity index (χ1n) is 13.5. The number of hydrogen-bond acceptors (Lipinski definition) is 7. The molecular weight excluding hydrogens is 576 g/mol. The SMILES string of the molecule is Cc1cc(Oc2ccccc2F)ccc1-n1ncc(C(=O)C2=Cc3cc(F)c(CS(=O)(=O)CC(C)(C)CO)cc3C2)c1N. The van der Waals surface area contributed by atoms with E-state index in [1.165, 1.54) is 35.1 Å². The molecule has 43 heavy (non-hydrogen) atoms. The number of halogens is 2. The van der Waals surface area contributed by atoms with Gasteiger partial charge in [0.15, 0.2) is 27.2 Å². The van der Waals surface area contributed by atoms with E-state index in [1.807, 2.05) is 0 Å². The molecule has 11 heteroatoms. The molecule has 0 saturated carbocycles. The maximum absolute atomic E-state index is 14.9. The van der Waals surface area contributed by atoms with Crippen molar-refractivity contribution in [1.82, 2.24) is 9.78 Å². The van der Waals surface area contributed by atoms with Gasteiger partial charge in [-0.3, -0.25) is 4.79 Å². The fraction of sp³-hybridized carbons (Fsp3) is 0.250. The van der Waals surface area contributed by atoms with Crippen LogP contribution in [0.1, 0.15) is 46.5 Å². The highest BCUT2D eigenvalue weighted by molar-refractivity contribution is 7.90. The number of ketones is 1. The molecule has 0 aliphatic heterocycles. The summed E-state index contributed by atoms with van der Waals surface area (Å²) in [7, 11) is -3.71. The van der Waals surface area contributed by atoms with E-state index in [1.54, 1.807) is 57.2 Å². The number of carbonyl (C=O) groups excluding carboxylic acids is 1. The number of aromatic nitrogens is 2. The Morgan fingerprint density at radius 3 is 2.56 bits per heavy atom. The Kier molecular flexibility index (Phi) is 7.97. The van der Waals surface area contributed by atoms with Crippen molar-refractivity contribution in [2.24, 2.45) is 5.41 Å². The predicted octanol–water partition coefficient (Wildman–Crippen LogP) is 5.59. The Balaban J connectivity index is 1.33. The second-order valence-electron chi connectivity index (χ2n) is 11.5. The summed E-state index contributed by atoms with van der Waals surface area (Å²) in [6.07, 6.45) is 3.12. The van der Waals surface area contributed by atoms with Gasteiger partial charge in [-0.25, -0.2) is 21.9 Å². The third-order valence-electron chi connectivity index (χ3n) is 7.24. The molecule has 0 amide bonds. The fourth-order valence-corrected chi connectivity index (χ4v) is 7.16. The quantitative estimate of drug-likeness (QED) is 0.225. The number of Topliss-reactive ketones (excluding diaryl/α,β-unsaturated/α-hetero) is 1. The summed E-state index contributed by atoms with van der Waals surface area (Å²) >= 11 is 0. The van der Waals surface area contributed by atoms with Gasteiger partial charge in [-0.2, -0.15) is 5.10 Å². The molecule has 0 spiro atoms. The zero-order valence-electron chi connectivity index (χ0n) is 23.9. The van der Waals surface area contributed by atoms with E-state index in [4.69, 9.17) is 10.5 Å². The van der Waals surface area contributed by atoms with Crippen molar-refractivity contribution in [2.45, 2.75) is 32.9 Å². The number of ether oxygens (including phenoxy) is 1. The van der Waals surface area contributed by atoms with E-state index >= 15 is 0 Å². The number of aliphatic hydroxyl groups is 1. The summed E-state index contributed by atoms with van der Waals surface area (Å²) in [6.45, 7) is 4.73. The zero-order chi connectivity index (χ0) is 31.1. The number of aryl methyl sites for hydroxylation is 1. The number of para-hydroxylation sites is 1. The maximum atomic E-state index is 14.9. The number of nitrogen functional groups attached to an aromatic ring is 1. The number of nitrogens with zero attached hydrogens (tertiary/aromatic N) is 2. The molecule has 0 bridgehead atoms. The van der Waals surface area contributed by atoms with E-state index < -0.39 is 32.6 Å². The lowest BCUT2D eigenvalue weighted by Gasteiger charge is -2.21. The van der Waals surface area contributed by atoms with Crippen molar-refractivity contribution in [3.8, 4) is 17.2 Å². The Labute approximate surface area is 248 Å². The molecular formula is C32H31F2N3O5S. The zero-order valence-corrected chi connectivity index (χ0v) is 24.7. The van der Waals surface area contributed by atoms with Gasteiger partial charge < -0.3 is 15.6 Å². The molecule has 3 N–H and O–H groups in total. The van der Waals surface area contributed by atoms with Crippen LogP contribution >= 0.6 is 0 Å². The molecule has 0 radical (unpaired) electrons. The molecule has 1 aliphatic carbocycles. The third-order valence-corrected chi connectivity index (χ3v) is 9.21. The Bertz CT molecular complexity index is 1880. The average molecular weight is 608 g/mol. The Morgan fingerprint density at radius 2 is 1.86 bits per heavy atom. The van der Waals surface area contributed by atoms with Crippen LogP contribution in [0.2, 0.25) is 0 Å². The number of aliphatic hydroxyl groups excluding tert-OH is 1. The molecule has 5 rings (SSSR count). The van der Waals surface area contributed by atoms with Crippen LogP contribution in [0.25, 0.3) is 11.8 Å². The molecule has 8 nitrogen and oxygen atoms in total. The molecule has 1 heterocycles. The van der Waals surface area contributed by atoms with Gasteiger partial charge in [0.1, 0.15) is 17.4 Å². The van der Waals surface area contributed by atoms with E-state index in [-0.39, 0.29) is 47.3 Å². The second kappa shape index (κ2) is 11.4. The summed E-state index contributed by atoms with van der Waals surface area (Å²) in [5.41, 5.74) is 8.49. The van der Waals surface area contributed by atoms with Crippen LogP contribution in [0.5, 0.6) is 11.5 Å². The summed E-state index contributed by atoms with van der Waals surface area (Å²) < 4.78 is 61.4. The second-order valence-corrected chi connectivity index (χ2v) is 13.6. The molecule has 1 aromatic heterocycles. The van der Waals surface area contributed by atoms with Gasteiger partial charge in [0.05, 0.1) is 29.0 Å². The first-order chi connectivity index (χ1) is 20.3. The van der Waals surface area contributed by atoms with Crippen molar-refractivity contribution in [3.63, 3.8) is 0 Å². The largest absolute Gasteiger partial charge is 0.454 e. The highest BCUT2D eigenvalue weighted by Crippen LogP contribution is 2.33. The molecule has 0 atom stereocenters. The number of anilines is 1. The highest BCUT2D eigenvalue weighted by Gasteiger charge is 2.29. The number of allylic oxidation sites excluding steroid dienone is 1. The number of sulfone groups is 1. The van der Waals surface area contributed by atoms with Crippen LogP contribution in [0.3, 0.4) is 0 Å². The van der Waals surface area contributed by atoms with Crippen LogP contribution in [0, 0.1) is 24.0 Å². The van der Waals surface area contributed by atoms with Gasteiger partial charge in [-0.05, 0) is 66.1 Å². The summed E-state index contributed by atoms with van der Waals surface area (Å²) in [5, 5.41) is 13.8. The smallest absolute Gasteiger partial charge is 0.194 e. The minimum Gasteiger partial charge on any atom is -0.454 e. The van der Waals surface area contributed by atoms with Crippen LogP contribution in [0.4, 0.5) is 14.6 Å². The lowest BCUT2D eigenvalue weighted by atomic mass is 9.98. The lowest BCUT2D eigenvalue weighted by Crippen LogP contribution is -2.28. The van der Waals surface area contributed by atoms with Gasteiger partial charge >= 0.3 is 0 Å². The van der Waals surface area contributed by atoms with Crippen molar-refractivity contribution < 1.29 is 31.8 Å². The van der Waals surface area contributed by atoms with E-state index in [0.29, 0.717) is 28.1 Å². The molecule has 4 aromatic rings. The Morgan fingerprint density at radius 1 is 1.12 bits per heavy atom. The predicted molar refractivity (Wildman–Crippen MR) is 160 cm³/mol. The van der Waals surface area contributed by atoms with Crippen LogP contribution in [0.15, 0.2) is 66.4 Å². The third kappa shape index (κ3) is 6.37. The minimum atomic E-state index is -3.71. The Hall–Kier alpha value is -4.35. The highest BCUT2D eigenvalue weighted by atomic mass is 32.2. The number of carbonyl (C=O) groups is 1. The number of benzene rings is 3. The van der Waals surface area contributed by atoms with Gasteiger partial charge in [0.2, 0.25) is 0 Å². The number of nitrogens with two attached hydrogens (primary N) is 1.